The van der Waals surface area contributed by atoms with E-state index in [2.05, 4.69) is 11.6 Å². The first-order valence-electron chi connectivity index (χ1n) is 7.08. The molecule has 6 heteroatoms. The number of aromatic nitrogens is 2. The number of nitrogens with zero attached hydrogens (tertiary/aromatic N) is 3. The lowest BCUT2D eigenvalue weighted by atomic mass is 9.96. The highest BCUT2D eigenvalue weighted by Crippen LogP contribution is 2.22. The SMILES string of the molecule is C=CCCS(=O)(=O)N1CCC[C@@H](Cc2nccn2C)C1. The average molecular weight is 297 g/mol. The normalized spacial score (nSPS) is 20.9. The molecular formula is C14H23N3O2S. The number of piperidine rings is 1. The maximum Gasteiger partial charge on any atom is 0.214 e. The Hall–Kier alpha value is -1.14. The van der Waals surface area contributed by atoms with Crippen molar-refractivity contribution in [3.05, 3.63) is 30.9 Å². The summed E-state index contributed by atoms with van der Waals surface area (Å²) >= 11 is 0. The first-order chi connectivity index (χ1) is 9.53. The highest BCUT2D eigenvalue weighted by molar-refractivity contribution is 7.89. The molecule has 0 saturated carbocycles. The summed E-state index contributed by atoms with van der Waals surface area (Å²) < 4.78 is 28.1. The number of aryl methyl sites for hydroxylation is 1. The van der Waals surface area contributed by atoms with Crippen LogP contribution in [0, 0.1) is 5.92 Å². The zero-order chi connectivity index (χ0) is 14.6. The van der Waals surface area contributed by atoms with E-state index in [1.807, 2.05) is 17.8 Å². The Morgan fingerprint density at radius 3 is 3.00 bits per heavy atom. The van der Waals surface area contributed by atoms with Gasteiger partial charge in [-0.3, -0.25) is 0 Å². The zero-order valence-corrected chi connectivity index (χ0v) is 12.8. The van der Waals surface area contributed by atoms with Gasteiger partial charge in [-0.05, 0) is 25.2 Å². The van der Waals surface area contributed by atoms with E-state index in [0.29, 0.717) is 25.4 Å². The topological polar surface area (TPSA) is 55.2 Å². The summed E-state index contributed by atoms with van der Waals surface area (Å²) in [5, 5.41) is 0. The van der Waals surface area contributed by atoms with Crippen LogP contribution >= 0.6 is 0 Å². The first kappa shape index (κ1) is 15.3. The van der Waals surface area contributed by atoms with Crippen LogP contribution < -0.4 is 0 Å². The zero-order valence-electron chi connectivity index (χ0n) is 12.0. The van der Waals surface area contributed by atoms with Gasteiger partial charge in [-0.2, -0.15) is 0 Å². The van der Waals surface area contributed by atoms with E-state index in [1.54, 1.807) is 16.6 Å². The fourth-order valence-corrected chi connectivity index (χ4v) is 4.23. The van der Waals surface area contributed by atoms with Gasteiger partial charge in [-0.1, -0.05) is 6.08 Å². The minimum atomic E-state index is -3.13. The van der Waals surface area contributed by atoms with Gasteiger partial charge in [0.25, 0.3) is 0 Å². The van der Waals surface area contributed by atoms with E-state index in [4.69, 9.17) is 0 Å². The minimum Gasteiger partial charge on any atom is -0.338 e. The molecule has 112 valence electrons. The van der Waals surface area contributed by atoms with E-state index in [9.17, 15) is 8.42 Å². The number of hydrogen-bond donors (Lipinski definition) is 0. The van der Waals surface area contributed by atoms with E-state index >= 15 is 0 Å². The predicted molar refractivity (Wildman–Crippen MR) is 79.8 cm³/mol. The molecule has 0 bridgehead atoms. The standard InChI is InChI=1S/C14H23N3O2S/c1-3-4-10-20(18,19)17-8-5-6-13(12-17)11-14-15-7-9-16(14)2/h3,7,9,13H,1,4-6,8,10-12H2,2H3/t13-/m0/s1. The maximum atomic E-state index is 12.2. The van der Waals surface area contributed by atoms with Crippen molar-refractivity contribution < 1.29 is 8.42 Å². The predicted octanol–water partition coefficient (Wildman–Crippen LogP) is 1.58. The van der Waals surface area contributed by atoms with Crippen molar-refractivity contribution in [2.75, 3.05) is 18.8 Å². The van der Waals surface area contributed by atoms with Crippen molar-refractivity contribution in [2.24, 2.45) is 13.0 Å². The van der Waals surface area contributed by atoms with Gasteiger partial charge < -0.3 is 4.57 Å². The van der Waals surface area contributed by atoms with Crippen molar-refractivity contribution in [1.29, 1.82) is 0 Å². The van der Waals surface area contributed by atoms with Crippen LogP contribution in [-0.4, -0.2) is 41.1 Å². The number of hydrogen-bond acceptors (Lipinski definition) is 3. The summed E-state index contributed by atoms with van der Waals surface area (Å²) in [7, 11) is -1.16. The molecule has 1 fully saturated rings. The number of rotatable bonds is 6. The van der Waals surface area contributed by atoms with E-state index in [-0.39, 0.29) is 5.75 Å². The lowest BCUT2D eigenvalue weighted by molar-refractivity contribution is 0.262. The second-order valence-corrected chi connectivity index (χ2v) is 7.51. The highest BCUT2D eigenvalue weighted by Gasteiger charge is 2.28. The molecule has 1 saturated heterocycles. The van der Waals surface area contributed by atoms with Gasteiger partial charge >= 0.3 is 0 Å². The second kappa shape index (κ2) is 6.54. The molecule has 20 heavy (non-hydrogen) atoms. The van der Waals surface area contributed by atoms with E-state index in [1.165, 1.54) is 0 Å². The molecule has 2 rings (SSSR count). The Morgan fingerprint density at radius 1 is 1.55 bits per heavy atom. The number of imidazole rings is 1. The van der Waals surface area contributed by atoms with Crippen molar-refractivity contribution in [1.82, 2.24) is 13.9 Å². The van der Waals surface area contributed by atoms with Crippen molar-refractivity contribution in [3.63, 3.8) is 0 Å². The van der Waals surface area contributed by atoms with E-state index in [0.717, 1.165) is 25.1 Å². The lowest BCUT2D eigenvalue weighted by Gasteiger charge is -2.31. The Kier molecular flexibility index (Phi) is 4.99. The van der Waals surface area contributed by atoms with Crippen LogP contribution in [0.15, 0.2) is 25.0 Å². The maximum absolute atomic E-state index is 12.2. The molecule has 1 aromatic rings. The quantitative estimate of drug-likeness (QED) is 0.749. The molecule has 0 aliphatic carbocycles. The third kappa shape index (κ3) is 3.70. The fourth-order valence-electron chi connectivity index (χ4n) is 2.66. The molecule has 1 aromatic heterocycles. The fraction of sp³-hybridized carbons (Fsp3) is 0.643. The first-order valence-corrected chi connectivity index (χ1v) is 8.69. The smallest absolute Gasteiger partial charge is 0.214 e. The third-order valence-electron chi connectivity index (χ3n) is 3.85. The Balaban J connectivity index is 1.98. The lowest BCUT2D eigenvalue weighted by Crippen LogP contribution is -2.41. The van der Waals surface area contributed by atoms with Gasteiger partial charge in [0.05, 0.1) is 5.75 Å². The minimum absolute atomic E-state index is 0.172. The Labute approximate surface area is 121 Å². The molecule has 0 unspecified atom stereocenters. The van der Waals surface area contributed by atoms with E-state index < -0.39 is 10.0 Å². The van der Waals surface area contributed by atoms with Gasteiger partial charge in [-0.15, -0.1) is 6.58 Å². The van der Waals surface area contributed by atoms with Crippen LogP contribution in [0.1, 0.15) is 25.1 Å². The highest BCUT2D eigenvalue weighted by atomic mass is 32.2. The van der Waals surface area contributed by atoms with Gasteiger partial charge in [0.15, 0.2) is 0 Å². The van der Waals surface area contributed by atoms with Crippen LogP contribution in [0.3, 0.4) is 0 Å². The third-order valence-corrected chi connectivity index (χ3v) is 5.72. The van der Waals surface area contributed by atoms with Gasteiger partial charge in [0.1, 0.15) is 5.82 Å². The van der Waals surface area contributed by atoms with Crippen LogP contribution in [0.5, 0.6) is 0 Å². The molecule has 0 aromatic carbocycles. The van der Waals surface area contributed by atoms with Crippen molar-refractivity contribution in [3.8, 4) is 0 Å². The second-order valence-electron chi connectivity index (χ2n) is 5.42. The molecule has 0 radical (unpaired) electrons. The summed E-state index contributed by atoms with van der Waals surface area (Å²) in [6.45, 7) is 4.86. The molecule has 5 nitrogen and oxygen atoms in total. The molecule has 1 aliphatic rings. The monoisotopic (exact) mass is 297 g/mol. The Bertz CT molecular complexity index is 551. The summed E-state index contributed by atoms with van der Waals surface area (Å²) in [6, 6.07) is 0. The number of allylic oxidation sites excluding steroid dienone is 1. The number of sulfonamides is 1. The molecule has 2 heterocycles. The molecule has 1 atom stereocenters. The molecule has 0 spiro atoms. The van der Waals surface area contributed by atoms with Gasteiger partial charge in [0, 0.05) is 39.0 Å². The summed E-state index contributed by atoms with van der Waals surface area (Å²) in [4.78, 5) is 4.33. The van der Waals surface area contributed by atoms with Gasteiger partial charge in [0.2, 0.25) is 10.0 Å². The van der Waals surface area contributed by atoms with Crippen molar-refractivity contribution in [2.45, 2.75) is 25.7 Å². The van der Waals surface area contributed by atoms with Crippen molar-refractivity contribution >= 4 is 10.0 Å². The summed E-state index contributed by atoms with van der Waals surface area (Å²) in [5.74, 6) is 1.56. The Morgan fingerprint density at radius 2 is 2.35 bits per heavy atom. The van der Waals surface area contributed by atoms with Crippen LogP contribution in [-0.2, 0) is 23.5 Å². The molecule has 1 aliphatic heterocycles. The van der Waals surface area contributed by atoms with Crippen LogP contribution in [0.2, 0.25) is 0 Å². The molecule has 0 N–H and O–H groups in total. The molecule has 0 amide bonds. The van der Waals surface area contributed by atoms with Gasteiger partial charge in [-0.25, -0.2) is 17.7 Å². The summed E-state index contributed by atoms with van der Waals surface area (Å²) in [5.41, 5.74) is 0. The average Bonchev–Trinajstić information content (AvgIpc) is 2.82. The molecular weight excluding hydrogens is 274 g/mol. The largest absolute Gasteiger partial charge is 0.338 e. The van der Waals surface area contributed by atoms with Crippen LogP contribution in [0.4, 0.5) is 0 Å². The van der Waals surface area contributed by atoms with Crippen LogP contribution in [0.25, 0.3) is 0 Å². The summed E-state index contributed by atoms with van der Waals surface area (Å²) in [6.07, 6.45) is 8.74.